The summed E-state index contributed by atoms with van der Waals surface area (Å²) in [6.45, 7) is 36.1. The van der Waals surface area contributed by atoms with Crippen LogP contribution in [0, 0.1) is 6.08 Å². The van der Waals surface area contributed by atoms with Crippen molar-refractivity contribution < 1.29 is 24.2 Å². The van der Waals surface area contributed by atoms with Crippen molar-refractivity contribution in [1.82, 2.24) is 0 Å². The summed E-state index contributed by atoms with van der Waals surface area (Å²) in [7, 11) is -3.60. The van der Waals surface area contributed by atoms with Crippen LogP contribution in [0.3, 0.4) is 0 Å². The van der Waals surface area contributed by atoms with E-state index in [2.05, 4.69) is 210 Å². The molecule has 5 aromatic carbocycles. The predicted octanol–water partition coefficient (Wildman–Crippen LogP) is 14.2. The number of allylic oxidation sites excluding steroid dienone is 4. The molecule has 0 bridgehead atoms. The molecule has 1 aliphatic rings. The fraction of sp³-hybridized carbons (Fsp3) is 0.375. The molecule has 0 N–H and O–H groups in total. The third-order valence-corrected chi connectivity index (χ3v) is 18.1. The zero-order valence-electron chi connectivity index (χ0n) is 35.0. The summed E-state index contributed by atoms with van der Waals surface area (Å²) in [6, 6.07) is 37.3. The number of rotatable bonds is 5. The minimum atomic E-state index is -1.22. The van der Waals surface area contributed by atoms with E-state index in [0.29, 0.717) is 0 Å². The number of hydrogen-bond acceptors (Lipinski definition) is 0. The summed E-state index contributed by atoms with van der Waals surface area (Å²) in [5.41, 5.74) is 5.87. The quantitative estimate of drug-likeness (QED) is 0.122. The molecule has 0 amide bonds. The minimum absolute atomic E-state index is 0.203. The first-order valence-electron chi connectivity index (χ1n) is 19.1. The summed E-state index contributed by atoms with van der Waals surface area (Å²) in [4.78, 5) is 0. The monoisotopic (exact) mass is 814 g/mol. The summed E-state index contributed by atoms with van der Waals surface area (Å²) in [6.07, 6.45) is 4.93. The van der Waals surface area contributed by atoms with E-state index in [-0.39, 0.29) is 10.8 Å². The van der Waals surface area contributed by atoms with Crippen LogP contribution in [0.1, 0.15) is 70.2 Å². The summed E-state index contributed by atoms with van der Waals surface area (Å²) in [5, 5.41) is 10.8. The van der Waals surface area contributed by atoms with E-state index in [4.69, 9.17) is 0 Å². The van der Waals surface area contributed by atoms with Crippen LogP contribution in [0.4, 0.5) is 0 Å². The van der Waals surface area contributed by atoms with Crippen LogP contribution < -0.4 is 0 Å². The predicted molar refractivity (Wildman–Crippen MR) is 239 cm³/mol. The summed E-state index contributed by atoms with van der Waals surface area (Å²) in [5.74, 6) is 0. The van der Waals surface area contributed by atoms with Gasteiger partial charge in [0.25, 0.3) is 0 Å². The van der Waals surface area contributed by atoms with Crippen molar-refractivity contribution in [3.05, 3.63) is 147 Å². The van der Waals surface area contributed by atoms with Crippen LogP contribution in [0.25, 0.3) is 21.5 Å². The van der Waals surface area contributed by atoms with Crippen molar-refractivity contribution in [3.8, 4) is 0 Å². The van der Waals surface area contributed by atoms with Gasteiger partial charge in [0, 0.05) is 8.07 Å². The van der Waals surface area contributed by atoms with E-state index in [1.54, 1.807) is 5.20 Å². The van der Waals surface area contributed by atoms with Crippen LogP contribution in [0.2, 0.25) is 58.9 Å². The molecule has 1 aliphatic carbocycles. The molecule has 0 nitrogen and oxygen atoms in total. The molecule has 0 heterocycles. The van der Waals surface area contributed by atoms with Crippen LogP contribution in [0.15, 0.2) is 119 Å². The van der Waals surface area contributed by atoms with Gasteiger partial charge in [0.05, 0.1) is 8.07 Å². The Morgan fingerprint density at radius 2 is 0.962 bits per heavy atom. The molecule has 4 heteroatoms. The second-order valence-electron chi connectivity index (χ2n) is 19.7. The Kier molecular flexibility index (Phi) is 13.2. The average molecular weight is 817 g/mol. The molecule has 0 unspecified atom stereocenters. The third-order valence-electron chi connectivity index (χ3n) is 9.96. The van der Waals surface area contributed by atoms with Crippen LogP contribution in [-0.4, -0.2) is 27.4 Å². The number of fused-ring (bicyclic) bond motifs is 3. The van der Waals surface area contributed by atoms with E-state index < -0.39 is 24.2 Å². The molecule has 0 saturated heterocycles. The van der Waals surface area contributed by atoms with E-state index >= 15 is 0 Å². The Balaban J connectivity index is 0.000000178. The van der Waals surface area contributed by atoms with Crippen molar-refractivity contribution in [2.24, 2.45) is 0 Å². The van der Waals surface area contributed by atoms with Gasteiger partial charge in [0.15, 0.2) is 0 Å². The van der Waals surface area contributed by atoms with Gasteiger partial charge in [-0.2, -0.15) is 5.20 Å². The van der Waals surface area contributed by atoms with Crippen molar-refractivity contribution in [2.75, 3.05) is 0 Å². The molecule has 0 aromatic heterocycles. The zero-order chi connectivity index (χ0) is 38.9. The molecule has 5 aromatic rings. The Bertz CT molecular complexity index is 1950. The molecule has 52 heavy (non-hydrogen) atoms. The van der Waals surface area contributed by atoms with Crippen molar-refractivity contribution in [2.45, 2.75) is 118 Å². The van der Waals surface area contributed by atoms with Crippen LogP contribution >= 0.6 is 0 Å². The molecule has 0 radical (unpaired) electrons. The summed E-state index contributed by atoms with van der Waals surface area (Å²) >= 11 is 1.46. The Morgan fingerprint density at radius 3 is 1.29 bits per heavy atom. The number of benzene rings is 4. The topological polar surface area (TPSA) is 0 Å². The molecule has 0 spiro atoms. The first-order chi connectivity index (χ1) is 23.9. The van der Waals surface area contributed by atoms with E-state index in [9.17, 15) is 0 Å². The van der Waals surface area contributed by atoms with Gasteiger partial charge in [-0.05, 0) is 18.9 Å². The Hall–Kier alpha value is -2.37. The van der Waals surface area contributed by atoms with Crippen LogP contribution in [0.5, 0.6) is 0 Å². The van der Waals surface area contributed by atoms with E-state index in [1.807, 2.05) is 10.4 Å². The van der Waals surface area contributed by atoms with Gasteiger partial charge in [-0.25, -0.2) is 10.4 Å². The van der Waals surface area contributed by atoms with Crippen molar-refractivity contribution in [1.29, 1.82) is 0 Å². The molecule has 6 rings (SSSR count). The Labute approximate surface area is 335 Å². The number of hydrogen-bond donors (Lipinski definition) is 0. The van der Waals surface area contributed by atoms with Gasteiger partial charge in [-0.15, -0.1) is 46.2 Å². The van der Waals surface area contributed by atoms with Crippen molar-refractivity contribution >= 4 is 49.0 Å². The Morgan fingerprint density at radius 1 is 0.558 bits per heavy atom. The van der Waals surface area contributed by atoms with Crippen LogP contribution in [-0.2, 0) is 35.1 Å². The molecule has 0 saturated carbocycles. The second kappa shape index (κ2) is 16.2. The van der Waals surface area contributed by atoms with Gasteiger partial charge in [-0.1, -0.05) is 136 Å². The average Bonchev–Trinajstić information content (AvgIpc) is 3.68. The third kappa shape index (κ3) is 10.6. The second-order valence-corrected chi connectivity index (χ2v) is 36.0. The van der Waals surface area contributed by atoms with Gasteiger partial charge in [0.1, 0.15) is 0 Å². The van der Waals surface area contributed by atoms with Gasteiger partial charge in [-0.3, -0.25) is 6.08 Å². The fourth-order valence-electron chi connectivity index (χ4n) is 6.94. The zero-order valence-corrected chi connectivity index (χ0v) is 40.5. The van der Waals surface area contributed by atoms with Gasteiger partial charge < -0.3 is 0 Å². The normalized spacial score (nSPS) is 14.1. The molecule has 0 fully saturated rings. The standard InChI is InChI=1S/C21H25.C14H29Si3.C13H10.Zr/c1-20(2,3)16-7-9-18-14(12-16)11-15-13-17(21(4,5)6)8-10-19(15)18;1-15(2,3)12-10-11-13(16(4,5)6)14(12)17(7,8)9;1-3-7-12(8-4-1)11-13-9-5-2-6-10-13;/h7-13H,1-6H3;10H2,1-9H3;1-10H;/q2*-1;;+2. The SMILES string of the molecule is CC(C)(C)c1ccc2c(c1)[cH-]c1cc(C(C)(C)C)ccc12.C[Si](C)(C)C1=[C-]CC([Si](C)(C)C)=C1[Si](C)(C)C.[Zr+2]=[C](c1ccccc1)c1ccccc1. The van der Waals surface area contributed by atoms with E-state index in [1.165, 1.54) is 71.2 Å². The molecule has 272 valence electrons. The molecular weight excluding hydrogens is 752 g/mol. The molecular formula is C48H64Si3Zr. The fourth-order valence-corrected chi connectivity index (χ4v) is 17.2. The maximum absolute atomic E-state index is 3.78. The van der Waals surface area contributed by atoms with Gasteiger partial charge in [0.2, 0.25) is 0 Å². The first kappa shape index (κ1) is 42.4. The first-order valence-corrected chi connectivity index (χ1v) is 30.8. The molecule has 0 aliphatic heterocycles. The molecule has 0 atom stereocenters. The van der Waals surface area contributed by atoms with Gasteiger partial charge >= 0.3 is 99.2 Å². The van der Waals surface area contributed by atoms with Crippen molar-refractivity contribution in [3.63, 3.8) is 0 Å². The maximum atomic E-state index is 3.78. The summed E-state index contributed by atoms with van der Waals surface area (Å²) < 4.78 is 1.42. The van der Waals surface area contributed by atoms with E-state index in [0.717, 1.165) is 6.42 Å².